The molecule has 176 valence electrons. The summed E-state index contributed by atoms with van der Waals surface area (Å²) in [5.74, 6) is -3.61. The Hall–Kier alpha value is -4.27. The van der Waals surface area contributed by atoms with Gasteiger partial charge in [-0.1, -0.05) is 42.5 Å². The number of nitrogens with zero attached hydrogens (tertiary/aromatic N) is 1. The van der Waals surface area contributed by atoms with Gasteiger partial charge in [-0.15, -0.1) is 6.58 Å². The summed E-state index contributed by atoms with van der Waals surface area (Å²) in [5.41, 5.74) is -0.583. The number of ether oxygens (including phenoxy) is 2. The number of allylic oxidation sites excluding steroid dienone is 1. The number of rotatable bonds is 9. The molecule has 0 fully saturated rings. The van der Waals surface area contributed by atoms with Gasteiger partial charge >= 0.3 is 5.97 Å². The molecule has 1 N–H and O–H groups in total. The van der Waals surface area contributed by atoms with Gasteiger partial charge in [-0.05, 0) is 11.6 Å². The van der Waals surface area contributed by atoms with Crippen LogP contribution in [0, 0.1) is 11.6 Å². The minimum Gasteiger partial charge on any atom is -0.482 e. The Bertz CT molecular complexity index is 1270. The van der Waals surface area contributed by atoms with E-state index in [9.17, 15) is 23.2 Å². The summed E-state index contributed by atoms with van der Waals surface area (Å²) in [6, 6.07) is 11.9. The van der Waals surface area contributed by atoms with Crippen LogP contribution in [-0.2, 0) is 24.4 Å². The summed E-state index contributed by atoms with van der Waals surface area (Å²) in [6.45, 7) is 3.37. The van der Waals surface area contributed by atoms with Gasteiger partial charge < -0.3 is 19.4 Å². The molecule has 0 atom stereocenters. The van der Waals surface area contributed by atoms with Crippen LogP contribution in [0.25, 0.3) is 0 Å². The zero-order chi connectivity index (χ0) is 24.7. The quantitative estimate of drug-likeness (QED) is 0.383. The SMILES string of the molecule is C=CCn1cc(C(=O)NCc2ccc(F)cc2F)c(=O)c(OCc2ccccc2)c1C(=O)OC. The van der Waals surface area contributed by atoms with Crippen molar-refractivity contribution < 1.29 is 27.8 Å². The zero-order valence-electron chi connectivity index (χ0n) is 18.3. The smallest absolute Gasteiger partial charge is 0.358 e. The van der Waals surface area contributed by atoms with E-state index in [2.05, 4.69) is 11.9 Å². The van der Waals surface area contributed by atoms with E-state index in [-0.39, 0.29) is 42.3 Å². The molecular weight excluding hydrogens is 446 g/mol. The Morgan fingerprint density at radius 2 is 1.88 bits per heavy atom. The van der Waals surface area contributed by atoms with Crippen LogP contribution in [0.15, 0.2) is 72.2 Å². The number of carbonyl (C=O) groups is 2. The van der Waals surface area contributed by atoms with Crippen molar-refractivity contribution in [2.75, 3.05) is 7.11 Å². The maximum absolute atomic E-state index is 13.9. The van der Waals surface area contributed by atoms with Crippen LogP contribution in [0.4, 0.5) is 8.78 Å². The van der Waals surface area contributed by atoms with Crippen LogP contribution < -0.4 is 15.5 Å². The molecule has 2 aromatic carbocycles. The second-order valence-electron chi connectivity index (χ2n) is 7.17. The highest BCUT2D eigenvalue weighted by Crippen LogP contribution is 2.19. The maximum Gasteiger partial charge on any atom is 0.358 e. The Kier molecular flexibility index (Phi) is 7.92. The highest BCUT2D eigenvalue weighted by Gasteiger charge is 2.26. The fraction of sp³-hybridized carbons (Fsp3) is 0.160. The number of carbonyl (C=O) groups excluding carboxylic acids is 2. The summed E-state index contributed by atoms with van der Waals surface area (Å²) < 4.78 is 38.9. The molecule has 0 spiro atoms. The van der Waals surface area contributed by atoms with Crippen LogP contribution in [0.3, 0.4) is 0 Å². The van der Waals surface area contributed by atoms with Crippen molar-refractivity contribution in [3.8, 4) is 5.75 Å². The molecule has 1 aromatic heterocycles. The minimum absolute atomic E-state index is 0.0351. The molecule has 0 unspecified atom stereocenters. The molecule has 34 heavy (non-hydrogen) atoms. The molecule has 9 heteroatoms. The van der Waals surface area contributed by atoms with E-state index in [1.54, 1.807) is 24.3 Å². The first kappa shape index (κ1) is 24.4. The Labute approximate surface area is 194 Å². The fourth-order valence-corrected chi connectivity index (χ4v) is 3.19. The predicted molar refractivity (Wildman–Crippen MR) is 121 cm³/mol. The molecule has 0 bridgehead atoms. The van der Waals surface area contributed by atoms with Crippen molar-refractivity contribution in [3.63, 3.8) is 0 Å². The maximum atomic E-state index is 13.9. The highest BCUT2D eigenvalue weighted by atomic mass is 19.1. The number of hydrogen-bond acceptors (Lipinski definition) is 5. The average Bonchev–Trinajstić information content (AvgIpc) is 2.83. The number of pyridine rings is 1. The molecule has 1 heterocycles. The molecule has 1 amide bonds. The van der Waals surface area contributed by atoms with Crippen LogP contribution >= 0.6 is 0 Å². The monoisotopic (exact) mass is 468 g/mol. The lowest BCUT2D eigenvalue weighted by Crippen LogP contribution is -2.32. The van der Waals surface area contributed by atoms with E-state index >= 15 is 0 Å². The third-order valence-corrected chi connectivity index (χ3v) is 4.87. The molecular formula is C25H22F2N2O5. The number of halogens is 2. The van der Waals surface area contributed by atoms with Crippen LogP contribution in [0.1, 0.15) is 32.0 Å². The number of aromatic nitrogens is 1. The predicted octanol–water partition coefficient (Wildman–Crippen LogP) is 3.61. The molecule has 0 aliphatic heterocycles. The van der Waals surface area contributed by atoms with E-state index in [0.717, 1.165) is 18.7 Å². The van der Waals surface area contributed by atoms with E-state index in [4.69, 9.17) is 9.47 Å². The van der Waals surface area contributed by atoms with Gasteiger partial charge in [-0.25, -0.2) is 13.6 Å². The standard InChI is InChI=1S/C25H22F2N2O5/c1-3-11-29-14-19(24(31)28-13-17-9-10-18(26)12-20(17)27)22(30)23(21(29)25(32)33-2)34-15-16-7-5-4-6-8-16/h3-10,12,14H,1,11,13,15H2,2H3,(H,28,31). The van der Waals surface area contributed by atoms with Gasteiger partial charge in [-0.3, -0.25) is 9.59 Å². The molecule has 3 rings (SSSR count). The van der Waals surface area contributed by atoms with Gasteiger partial charge in [0.1, 0.15) is 23.8 Å². The fourth-order valence-electron chi connectivity index (χ4n) is 3.19. The molecule has 0 aliphatic rings. The third-order valence-electron chi connectivity index (χ3n) is 4.87. The molecule has 0 aliphatic carbocycles. The number of hydrogen-bond donors (Lipinski definition) is 1. The van der Waals surface area contributed by atoms with Gasteiger partial charge in [0.15, 0.2) is 11.4 Å². The van der Waals surface area contributed by atoms with Crippen molar-refractivity contribution in [1.29, 1.82) is 0 Å². The third kappa shape index (κ3) is 5.55. The van der Waals surface area contributed by atoms with Crippen molar-refractivity contribution in [1.82, 2.24) is 9.88 Å². The van der Waals surface area contributed by atoms with Gasteiger partial charge in [0.2, 0.25) is 5.43 Å². The van der Waals surface area contributed by atoms with E-state index in [0.29, 0.717) is 6.07 Å². The van der Waals surface area contributed by atoms with Crippen molar-refractivity contribution in [3.05, 3.63) is 112 Å². The van der Waals surface area contributed by atoms with Gasteiger partial charge in [-0.2, -0.15) is 0 Å². The first-order chi connectivity index (χ1) is 16.3. The van der Waals surface area contributed by atoms with Gasteiger partial charge in [0.05, 0.1) is 7.11 Å². The second-order valence-corrected chi connectivity index (χ2v) is 7.17. The first-order valence-corrected chi connectivity index (χ1v) is 10.2. The molecule has 7 nitrogen and oxygen atoms in total. The number of benzene rings is 2. The molecule has 0 saturated carbocycles. The highest BCUT2D eigenvalue weighted by molar-refractivity contribution is 5.96. The van der Waals surface area contributed by atoms with Gasteiger partial charge in [0.25, 0.3) is 5.91 Å². The molecule has 0 radical (unpaired) electrons. The summed E-state index contributed by atoms with van der Waals surface area (Å²) >= 11 is 0. The summed E-state index contributed by atoms with van der Waals surface area (Å²) in [7, 11) is 1.16. The topological polar surface area (TPSA) is 86.6 Å². The number of amides is 1. The normalized spacial score (nSPS) is 10.4. The summed E-state index contributed by atoms with van der Waals surface area (Å²) in [6.07, 6.45) is 2.65. The lowest BCUT2D eigenvalue weighted by Gasteiger charge is -2.17. The van der Waals surface area contributed by atoms with Crippen LogP contribution in [0.2, 0.25) is 0 Å². The Balaban J connectivity index is 1.99. The van der Waals surface area contributed by atoms with E-state index in [1.165, 1.54) is 22.9 Å². The zero-order valence-corrected chi connectivity index (χ0v) is 18.3. The molecule has 3 aromatic rings. The first-order valence-electron chi connectivity index (χ1n) is 10.2. The number of esters is 1. The van der Waals surface area contributed by atoms with E-state index < -0.39 is 28.9 Å². The molecule has 0 saturated heterocycles. The lowest BCUT2D eigenvalue weighted by molar-refractivity contribution is 0.0580. The minimum atomic E-state index is -0.839. The summed E-state index contributed by atoms with van der Waals surface area (Å²) in [5, 5.41) is 2.44. The average molecular weight is 468 g/mol. The van der Waals surface area contributed by atoms with Gasteiger partial charge in [0, 0.05) is 30.9 Å². The second kappa shape index (κ2) is 11.0. The number of methoxy groups -OCH3 is 1. The number of nitrogens with one attached hydrogen (secondary N) is 1. The largest absolute Gasteiger partial charge is 0.482 e. The Morgan fingerprint density at radius 3 is 2.53 bits per heavy atom. The van der Waals surface area contributed by atoms with Crippen LogP contribution in [0.5, 0.6) is 5.75 Å². The van der Waals surface area contributed by atoms with Crippen LogP contribution in [-0.4, -0.2) is 23.6 Å². The van der Waals surface area contributed by atoms with Crippen molar-refractivity contribution >= 4 is 11.9 Å². The van der Waals surface area contributed by atoms with Crippen molar-refractivity contribution in [2.24, 2.45) is 0 Å². The Morgan fingerprint density at radius 1 is 1.15 bits per heavy atom. The lowest BCUT2D eigenvalue weighted by atomic mass is 10.1. The van der Waals surface area contributed by atoms with E-state index in [1.807, 2.05) is 6.07 Å². The summed E-state index contributed by atoms with van der Waals surface area (Å²) in [4.78, 5) is 38.5. The van der Waals surface area contributed by atoms with Crippen molar-refractivity contribution in [2.45, 2.75) is 19.7 Å².